The van der Waals surface area contributed by atoms with Crippen LogP contribution in [0.25, 0.3) is 0 Å². The predicted octanol–water partition coefficient (Wildman–Crippen LogP) is 1.04. The van der Waals surface area contributed by atoms with Crippen molar-refractivity contribution in [1.29, 1.82) is 0 Å². The Labute approximate surface area is 109 Å². The highest BCUT2D eigenvalue weighted by Gasteiger charge is 2.30. The Hall–Kier alpha value is -2.40. The van der Waals surface area contributed by atoms with Gasteiger partial charge in [-0.1, -0.05) is 0 Å². The van der Waals surface area contributed by atoms with Gasteiger partial charge < -0.3 is 5.48 Å². The van der Waals surface area contributed by atoms with Crippen LogP contribution in [-0.2, 0) is 0 Å². The molecule has 3 rings (SSSR count). The van der Waals surface area contributed by atoms with E-state index in [1.54, 1.807) is 12.1 Å². The molecule has 0 fully saturated rings. The zero-order valence-electron chi connectivity index (χ0n) is 10.5. The second-order valence-electron chi connectivity index (χ2n) is 4.46. The molecule has 1 aromatic heterocycles. The van der Waals surface area contributed by atoms with Crippen LogP contribution in [0.4, 0.5) is 0 Å². The number of ketones is 2. The Balaban J connectivity index is 0.00000133. The first kappa shape index (κ1) is 13.0. The third-order valence-corrected chi connectivity index (χ3v) is 3.34. The standard InChI is InChI=1S/C14H10N2O2.H2O/c1-7-3-9-10(4-8(7)2)14(18)12-6-16-15-5-11(12)13(9)17;/h3-6H,1-2H3;1H2. The summed E-state index contributed by atoms with van der Waals surface area (Å²) in [5.74, 6) is -0.310. The lowest BCUT2D eigenvalue weighted by Gasteiger charge is -2.17. The Morgan fingerprint density at radius 3 is 1.47 bits per heavy atom. The van der Waals surface area contributed by atoms with Crippen LogP contribution in [0.5, 0.6) is 0 Å². The number of fused-ring (bicyclic) bond motifs is 2. The fraction of sp³-hybridized carbons (Fsp3) is 0.143. The van der Waals surface area contributed by atoms with Crippen LogP contribution in [0.3, 0.4) is 0 Å². The van der Waals surface area contributed by atoms with Gasteiger partial charge in [-0.15, -0.1) is 0 Å². The molecule has 0 aliphatic heterocycles. The topological polar surface area (TPSA) is 91.4 Å². The third-order valence-electron chi connectivity index (χ3n) is 3.34. The van der Waals surface area contributed by atoms with Crippen molar-refractivity contribution >= 4 is 11.6 Å². The molecule has 1 aromatic carbocycles. The van der Waals surface area contributed by atoms with Crippen molar-refractivity contribution in [2.24, 2.45) is 0 Å². The van der Waals surface area contributed by atoms with Gasteiger partial charge in [-0.25, -0.2) is 0 Å². The molecule has 0 atom stereocenters. The summed E-state index contributed by atoms with van der Waals surface area (Å²) in [4.78, 5) is 24.6. The molecule has 5 heteroatoms. The molecule has 0 amide bonds. The Kier molecular flexibility index (Phi) is 3.00. The van der Waals surface area contributed by atoms with Gasteiger partial charge in [0.05, 0.1) is 23.5 Å². The normalized spacial score (nSPS) is 12.5. The highest BCUT2D eigenvalue weighted by atomic mass is 16.1. The minimum atomic E-state index is -0.155. The number of hydrogen-bond acceptors (Lipinski definition) is 4. The van der Waals surface area contributed by atoms with E-state index in [0.29, 0.717) is 22.3 Å². The number of aromatic nitrogens is 2. The highest BCUT2D eigenvalue weighted by molar-refractivity contribution is 6.28. The number of carbonyl (C=O) groups excluding carboxylic acids is 2. The molecular weight excluding hydrogens is 244 g/mol. The first-order chi connectivity index (χ1) is 8.59. The molecule has 0 saturated heterocycles. The Bertz CT molecular complexity index is 648. The summed E-state index contributed by atoms with van der Waals surface area (Å²) in [6.45, 7) is 3.85. The lowest BCUT2D eigenvalue weighted by molar-refractivity contribution is 0.0978. The molecule has 0 bridgehead atoms. The fourth-order valence-electron chi connectivity index (χ4n) is 2.17. The summed E-state index contributed by atoms with van der Waals surface area (Å²) in [6, 6.07) is 3.54. The monoisotopic (exact) mass is 256 g/mol. The number of carbonyl (C=O) groups is 2. The molecule has 0 spiro atoms. The molecular formula is C14H12N2O3. The van der Waals surface area contributed by atoms with Crippen LogP contribution < -0.4 is 0 Å². The molecule has 0 saturated carbocycles. The van der Waals surface area contributed by atoms with E-state index >= 15 is 0 Å². The summed E-state index contributed by atoms with van der Waals surface area (Å²) < 4.78 is 0. The van der Waals surface area contributed by atoms with E-state index in [1.807, 2.05) is 13.8 Å². The Morgan fingerprint density at radius 2 is 1.11 bits per heavy atom. The number of benzene rings is 1. The maximum absolute atomic E-state index is 12.3. The van der Waals surface area contributed by atoms with Gasteiger partial charge in [0.15, 0.2) is 11.6 Å². The molecule has 1 aliphatic rings. The van der Waals surface area contributed by atoms with E-state index < -0.39 is 0 Å². The first-order valence-electron chi connectivity index (χ1n) is 5.61. The second-order valence-corrected chi connectivity index (χ2v) is 4.46. The zero-order chi connectivity index (χ0) is 12.9. The van der Waals surface area contributed by atoms with Crippen LogP contribution in [0, 0.1) is 13.8 Å². The minimum Gasteiger partial charge on any atom is -0.412 e. The average molecular weight is 256 g/mol. The summed E-state index contributed by atoms with van der Waals surface area (Å²) in [5, 5.41) is 7.35. The Morgan fingerprint density at radius 1 is 0.737 bits per heavy atom. The zero-order valence-corrected chi connectivity index (χ0v) is 10.5. The van der Waals surface area contributed by atoms with E-state index in [0.717, 1.165) is 11.1 Å². The van der Waals surface area contributed by atoms with Crippen molar-refractivity contribution in [3.8, 4) is 0 Å². The van der Waals surface area contributed by atoms with Crippen molar-refractivity contribution in [1.82, 2.24) is 10.2 Å². The van der Waals surface area contributed by atoms with Gasteiger partial charge in [0, 0.05) is 11.1 Å². The van der Waals surface area contributed by atoms with E-state index in [9.17, 15) is 9.59 Å². The predicted molar refractivity (Wildman–Crippen MR) is 68.4 cm³/mol. The van der Waals surface area contributed by atoms with Gasteiger partial charge in [0.25, 0.3) is 0 Å². The first-order valence-corrected chi connectivity index (χ1v) is 5.61. The van der Waals surface area contributed by atoms with Gasteiger partial charge in [0.1, 0.15) is 0 Å². The number of nitrogens with zero attached hydrogens (tertiary/aromatic N) is 2. The summed E-state index contributed by atoms with van der Waals surface area (Å²) >= 11 is 0. The summed E-state index contributed by atoms with van der Waals surface area (Å²) in [7, 11) is 0. The molecule has 0 radical (unpaired) electrons. The largest absolute Gasteiger partial charge is 0.412 e. The van der Waals surface area contributed by atoms with Gasteiger partial charge in [-0.2, -0.15) is 10.2 Å². The molecule has 0 unspecified atom stereocenters. The summed E-state index contributed by atoms with van der Waals surface area (Å²) in [6.07, 6.45) is 2.71. The van der Waals surface area contributed by atoms with E-state index in [1.165, 1.54) is 12.4 Å². The van der Waals surface area contributed by atoms with Crippen LogP contribution in [0.15, 0.2) is 24.5 Å². The maximum Gasteiger partial charge on any atom is 0.196 e. The minimum absolute atomic E-state index is 0. The molecule has 96 valence electrons. The van der Waals surface area contributed by atoms with Crippen molar-refractivity contribution < 1.29 is 15.1 Å². The van der Waals surface area contributed by atoms with Crippen molar-refractivity contribution in [2.45, 2.75) is 13.8 Å². The van der Waals surface area contributed by atoms with Crippen LogP contribution >= 0.6 is 0 Å². The molecule has 19 heavy (non-hydrogen) atoms. The molecule has 1 heterocycles. The van der Waals surface area contributed by atoms with Crippen molar-refractivity contribution in [3.63, 3.8) is 0 Å². The number of aryl methyl sites for hydroxylation is 2. The second kappa shape index (κ2) is 4.37. The van der Waals surface area contributed by atoms with Gasteiger partial charge >= 0.3 is 0 Å². The van der Waals surface area contributed by atoms with Crippen molar-refractivity contribution in [3.05, 3.63) is 57.9 Å². The quantitative estimate of drug-likeness (QED) is 0.601. The van der Waals surface area contributed by atoms with Crippen LogP contribution in [0.2, 0.25) is 0 Å². The molecule has 2 aromatic rings. The lowest BCUT2D eigenvalue weighted by atomic mass is 9.84. The average Bonchev–Trinajstić information content (AvgIpc) is 2.38. The number of hydrogen-bond donors (Lipinski definition) is 0. The smallest absolute Gasteiger partial charge is 0.196 e. The van der Waals surface area contributed by atoms with Crippen molar-refractivity contribution in [2.75, 3.05) is 0 Å². The molecule has 2 N–H and O–H groups in total. The van der Waals surface area contributed by atoms with Gasteiger partial charge in [-0.3, -0.25) is 9.59 Å². The van der Waals surface area contributed by atoms with E-state index in [2.05, 4.69) is 10.2 Å². The third kappa shape index (κ3) is 1.75. The molecule has 1 aliphatic carbocycles. The van der Waals surface area contributed by atoms with E-state index in [-0.39, 0.29) is 17.0 Å². The van der Waals surface area contributed by atoms with Gasteiger partial charge in [-0.05, 0) is 37.1 Å². The maximum atomic E-state index is 12.3. The molecule has 5 nitrogen and oxygen atoms in total. The van der Waals surface area contributed by atoms with Crippen LogP contribution in [0.1, 0.15) is 43.0 Å². The van der Waals surface area contributed by atoms with Gasteiger partial charge in [0.2, 0.25) is 0 Å². The fourth-order valence-corrected chi connectivity index (χ4v) is 2.17. The number of rotatable bonds is 0. The lowest BCUT2D eigenvalue weighted by Crippen LogP contribution is -2.22. The van der Waals surface area contributed by atoms with E-state index in [4.69, 9.17) is 0 Å². The van der Waals surface area contributed by atoms with Crippen LogP contribution in [-0.4, -0.2) is 27.2 Å². The SMILES string of the molecule is Cc1cc2c(cc1C)C(=O)c1cnncc1C2=O.O. The highest BCUT2D eigenvalue weighted by Crippen LogP contribution is 2.28. The summed E-state index contributed by atoms with van der Waals surface area (Å²) in [5.41, 5.74) is 3.60.